The summed E-state index contributed by atoms with van der Waals surface area (Å²) in [6, 6.07) is 0.399. The predicted octanol–water partition coefficient (Wildman–Crippen LogP) is 2.86. The highest BCUT2D eigenvalue weighted by Crippen LogP contribution is 2.23. The fraction of sp³-hybridized carbons (Fsp3) is 0.800. The number of aromatic nitrogens is 2. The number of hydrogen-bond donors (Lipinski definition) is 1. The number of likely N-dealkylation sites (N-methyl/N-ethyl adjacent to an activating group) is 1. The number of nitrogens with zero attached hydrogens (tertiary/aromatic N) is 2. The number of nitrogens with one attached hydrogen (secondary N) is 1. The molecule has 1 N–H and O–H groups in total. The highest BCUT2D eigenvalue weighted by atomic mass is 35.5. The van der Waals surface area contributed by atoms with Crippen LogP contribution in [0.15, 0.2) is 0 Å². The molecule has 0 saturated carbocycles. The van der Waals surface area contributed by atoms with Crippen LogP contribution in [-0.4, -0.2) is 35.1 Å². The molecule has 5 heteroatoms. The minimum atomic E-state index is 0.390. The van der Waals surface area contributed by atoms with Crippen molar-refractivity contribution in [3.8, 4) is 0 Å². The van der Waals surface area contributed by atoms with Crippen LogP contribution < -0.4 is 5.32 Å². The molecule has 1 saturated heterocycles. The van der Waals surface area contributed by atoms with Crippen molar-refractivity contribution in [3.05, 3.63) is 16.4 Å². The highest BCUT2D eigenvalue weighted by Gasteiger charge is 2.22. The Morgan fingerprint density at radius 3 is 2.85 bits per heavy atom. The van der Waals surface area contributed by atoms with Crippen LogP contribution in [0.3, 0.4) is 0 Å². The smallest absolute Gasteiger partial charge is 0.0847 e. The predicted molar refractivity (Wildman–Crippen MR) is 82.3 cm³/mol. The Kier molecular flexibility index (Phi) is 5.87. The summed E-state index contributed by atoms with van der Waals surface area (Å²) >= 11 is 6.36. The van der Waals surface area contributed by atoms with Crippen LogP contribution in [0.25, 0.3) is 0 Å². The van der Waals surface area contributed by atoms with E-state index >= 15 is 0 Å². The van der Waals surface area contributed by atoms with Gasteiger partial charge < -0.3 is 10.1 Å². The van der Waals surface area contributed by atoms with Crippen molar-refractivity contribution in [1.82, 2.24) is 15.1 Å². The lowest BCUT2D eigenvalue weighted by Crippen LogP contribution is -2.36. The third kappa shape index (κ3) is 3.96. The van der Waals surface area contributed by atoms with E-state index in [0.717, 1.165) is 42.4 Å². The zero-order chi connectivity index (χ0) is 14.5. The standard InChI is InChI=1S/C15H26ClN3O/c1-4-17-12(9-13-7-5-6-8-20-13)10-14-15(16)11(2)18-19(14)3/h12-13,17H,4-10H2,1-3H3. The number of hydrogen-bond acceptors (Lipinski definition) is 3. The van der Waals surface area contributed by atoms with E-state index < -0.39 is 0 Å². The second kappa shape index (κ2) is 7.43. The molecule has 1 aliphatic rings. The molecule has 4 nitrogen and oxygen atoms in total. The van der Waals surface area contributed by atoms with Crippen molar-refractivity contribution in [3.63, 3.8) is 0 Å². The maximum Gasteiger partial charge on any atom is 0.0847 e. The number of halogens is 1. The van der Waals surface area contributed by atoms with E-state index in [4.69, 9.17) is 16.3 Å². The van der Waals surface area contributed by atoms with Crippen molar-refractivity contribution in [2.24, 2.45) is 7.05 Å². The molecule has 0 spiro atoms. The largest absolute Gasteiger partial charge is 0.378 e. The maximum atomic E-state index is 6.36. The summed E-state index contributed by atoms with van der Waals surface area (Å²) in [6.45, 7) is 5.98. The quantitative estimate of drug-likeness (QED) is 0.878. The Labute approximate surface area is 126 Å². The van der Waals surface area contributed by atoms with Gasteiger partial charge in [-0.05, 0) is 39.2 Å². The molecule has 2 unspecified atom stereocenters. The molecule has 1 aliphatic heterocycles. The van der Waals surface area contributed by atoms with Crippen LogP contribution >= 0.6 is 11.6 Å². The molecular formula is C15H26ClN3O. The molecule has 1 aromatic rings. The summed E-state index contributed by atoms with van der Waals surface area (Å²) in [4.78, 5) is 0. The average molecular weight is 300 g/mol. The van der Waals surface area contributed by atoms with Crippen LogP contribution in [-0.2, 0) is 18.2 Å². The Balaban J connectivity index is 2.00. The molecule has 0 bridgehead atoms. The molecule has 2 heterocycles. The summed E-state index contributed by atoms with van der Waals surface area (Å²) in [6.07, 6.45) is 6.02. The van der Waals surface area contributed by atoms with Crippen molar-refractivity contribution >= 4 is 11.6 Å². The lowest BCUT2D eigenvalue weighted by atomic mass is 9.98. The van der Waals surface area contributed by atoms with Gasteiger partial charge in [0.2, 0.25) is 0 Å². The number of ether oxygens (including phenoxy) is 1. The normalized spacial score (nSPS) is 21.1. The van der Waals surface area contributed by atoms with E-state index in [9.17, 15) is 0 Å². The summed E-state index contributed by atoms with van der Waals surface area (Å²) in [5, 5.41) is 8.76. The van der Waals surface area contributed by atoms with Gasteiger partial charge in [-0.1, -0.05) is 18.5 Å². The van der Waals surface area contributed by atoms with Gasteiger partial charge in [-0.15, -0.1) is 0 Å². The molecule has 0 aliphatic carbocycles. The van der Waals surface area contributed by atoms with Gasteiger partial charge in [-0.2, -0.15) is 5.10 Å². The molecule has 2 atom stereocenters. The SMILES string of the molecule is CCNC(Cc1c(Cl)c(C)nn1C)CC1CCCCO1. The summed E-state index contributed by atoms with van der Waals surface area (Å²) in [5.41, 5.74) is 2.03. The fourth-order valence-corrected chi connectivity index (χ4v) is 3.21. The second-order valence-electron chi connectivity index (χ2n) is 5.65. The summed E-state index contributed by atoms with van der Waals surface area (Å²) in [7, 11) is 1.97. The van der Waals surface area contributed by atoms with Crippen LogP contribution in [0.2, 0.25) is 5.02 Å². The maximum absolute atomic E-state index is 6.36. The highest BCUT2D eigenvalue weighted by molar-refractivity contribution is 6.31. The molecule has 0 amide bonds. The Bertz CT molecular complexity index is 427. The number of rotatable bonds is 6. The van der Waals surface area contributed by atoms with Crippen molar-refractivity contribution in [1.29, 1.82) is 0 Å². The minimum Gasteiger partial charge on any atom is -0.378 e. The van der Waals surface area contributed by atoms with Gasteiger partial charge in [0.15, 0.2) is 0 Å². The van der Waals surface area contributed by atoms with E-state index in [1.807, 2.05) is 18.7 Å². The van der Waals surface area contributed by atoms with Crippen LogP contribution in [0.1, 0.15) is 44.0 Å². The third-order valence-corrected chi connectivity index (χ3v) is 4.51. The lowest BCUT2D eigenvalue weighted by molar-refractivity contribution is 0.00525. The minimum absolute atomic E-state index is 0.390. The molecule has 0 aromatic carbocycles. The second-order valence-corrected chi connectivity index (χ2v) is 6.03. The van der Waals surface area contributed by atoms with Gasteiger partial charge in [0.25, 0.3) is 0 Å². The van der Waals surface area contributed by atoms with Gasteiger partial charge in [-0.25, -0.2) is 0 Å². The Morgan fingerprint density at radius 1 is 1.50 bits per heavy atom. The first-order valence-electron chi connectivity index (χ1n) is 7.64. The van der Waals surface area contributed by atoms with Crippen molar-refractivity contribution in [2.75, 3.05) is 13.2 Å². The Hall–Kier alpha value is -0.580. The topological polar surface area (TPSA) is 39.1 Å². The van der Waals surface area contributed by atoms with E-state index in [2.05, 4.69) is 17.3 Å². The first-order valence-corrected chi connectivity index (χ1v) is 8.02. The molecule has 1 aromatic heterocycles. The zero-order valence-corrected chi connectivity index (χ0v) is 13.5. The van der Waals surface area contributed by atoms with Crippen molar-refractivity contribution < 1.29 is 4.74 Å². The monoisotopic (exact) mass is 299 g/mol. The van der Waals surface area contributed by atoms with Gasteiger partial charge >= 0.3 is 0 Å². The van der Waals surface area contributed by atoms with Gasteiger partial charge in [0.1, 0.15) is 0 Å². The molecule has 114 valence electrons. The average Bonchev–Trinajstić information content (AvgIpc) is 2.67. The molecule has 20 heavy (non-hydrogen) atoms. The first kappa shape index (κ1) is 15.8. The lowest BCUT2D eigenvalue weighted by Gasteiger charge is -2.27. The zero-order valence-electron chi connectivity index (χ0n) is 12.8. The summed E-state index contributed by atoms with van der Waals surface area (Å²) in [5.74, 6) is 0. The van der Waals surface area contributed by atoms with Gasteiger partial charge in [0, 0.05) is 26.1 Å². The van der Waals surface area contributed by atoms with Crippen LogP contribution in [0.4, 0.5) is 0 Å². The van der Waals surface area contributed by atoms with E-state index in [1.54, 1.807) is 0 Å². The molecule has 0 radical (unpaired) electrons. The summed E-state index contributed by atoms with van der Waals surface area (Å²) < 4.78 is 7.77. The molecule has 1 fully saturated rings. The van der Waals surface area contributed by atoms with Crippen molar-refractivity contribution in [2.45, 2.75) is 58.1 Å². The van der Waals surface area contributed by atoms with Gasteiger partial charge in [0.05, 0.1) is 22.5 Å². The first-order chi connectivity index (χ1) is 9.61. The number of aryl methyl sites for hydroxylation is 2. The van der Waals surface area contributed by atoms with Crippen LogP contribution in [0, 0.1) is 6.92 Å². The van der Waals surface area contributed by atoms with E-state index in [-0.39, 0.29) is 0 Å². The van der Waals surface area contributed by atoms with E-state index in [1.165, 1.54) is 19.3 Å². The fourth-order valence-electron chi connectivity index (χ4n) is 2.97. The third-order valence-electron chi connectivity index (χ3n) is 4.02. The van der Waals surface area contributed by atoms with Crippen LogP contribution in [0.5, 0.6) is 0 Å². The Morgan fingerprint density at radius 2 is 2.30 bits per heavy atom. The van der Waals surface area contributed by atoms with Gasteiger partial charge in [-0.3, -0.25) is 4.68 Å². The molecule has 2 rings (SSSR count). The van der Waals surface area contributed by atoms with E-state index in [0.29, 0.717) is 12.1 Å². The molecular weight excluding hydrogens is 274 g/mol.